The number of likely N-dealkylation sites (tertiary alicyclic amines) is 1. The molecule has 2 saturated heterocycles. The topological polar surface area (TPSA) is 163 Å². The van der Waals surface area contributed by atoms with Gasteiger partial charge < -0.3 is 30.9 Å². The first-order chi connectivity index (χ1) is 26.9. The van der Waals surface area contributed by atoms with Crippen LogP contribution in [0.25, 0.3) is 0 Å². The van der Waals surface area contributed by atoms with Gasteiger partial charge in [-0.2, -0.15) is 0 Å². The highest BCUT2D eigenvalue weighted by atomic mass is 16.5. The Labute approximate surface area is 340 Å². The molecule has 0 bridgehead atoms. The number of carbonyl (C=O) groups is 6. The lowest BCUT2D eigenvalue weighted by molar-refractivity contribution is -0.210. The lowest BCUT2D eigenvalue weighted by Gasteiger charge is -2.54. The lowest BCUT2D eigenvalue weighted by atomic mass is 9.62. The molecule has 0 radical (unpaired) electrons. The van der Waals surface area contributed by atoms with Gasteiger partial charge in [0.1, 0.15) is 24.3 Å². The summed E-state index contributed by atoms with van der Waals surface area (Å²) < 4.78 is 6.13. The summed E-state index contributed by atoms with van der Waals surface area (Å²) in [4.78, 5) is 85.9. The average molecular weight is 794 g/mol. The minimum atomic E-state index is -0.997. The summed E-state index contributed by atoms with van der Waals surface area (Å²) in [6.07, 6.45) is 15.6. The average Bonchev–Trinajstić information content (AvgIpc) is 3.68. The van der Waals surface area contributed by atoms with Crippen molar-refractivity contribution in [3.05, 3.63) is 12.7 Å². The second-order valence-electron chi connectivity index (χ2n) is 20.7. The van der Waals surface area contributed by atoms with Crippen LogP contribution in [0, 0.1) is 34.0 Å². The monoisotopic (exact) mass is 794 g/mol. The number of Topliss-reactive ketones (excluding diaryl/α,β-unsaturated/α-hetero) is 2. The summed E-state index contributed by atoms with van der Waals surface area (Å²) in [6, 6.07) is -3.17. The van der Waals surface area contributed by atoms with E-state index < -0.39 is 63.7 Å². The Balaban J connectivity index is 1.28. The molecule has 2 heterocycles. The number of nitrogens with zero attached hydrogens (tertiary/aromatic N) is 1. The van der Waals surface area contributed by atoms with Crippen LogP contribution in [0.15, 0.2) is 12.7 Å². The van der Waals surface area contributed by atoms with Crippen LogP contribution in [-0.4, -0.2) is 89.2 Å². The minimum Gasteiger partial charge on any atom is -0.359 e. The molecule has 0 aromatic carbocycles. The van der Waals surface area contributed by atoms with Gasteiger partial charge in [0.15, 0.2) is 5.78 Å². The van der Waals surface area contributed by atoms with Crippen LogP contribution in [0.4, 0.5) is 4.79 Å². The standard InChI is InChI=1S/C45H71N5O7/c1-8-24-46-38(54)35(52)32(25-29-16-15-17-29)47-37(53)34-30-18-23-42(5,6)31(30)26-50(34)39(55)36(43(7)19-11-9-12-20-43)48-40(56)49-44(21-13-10-14-22-44)28-45(41(2,3)4)33(51)27-57-45/h8,29-32,34,36H,1,9-28H2,2-7H3,(H,46,54)(H,47,53)(H2,48,49,56)/t30-,31-,32?,34-,36+,45?/m0/s1. The number of urea groups is 1. The fourth-order valence-corrected chi connectivity index (χ4v) is 11.5. The predicted molar refractivity (Wildman–Crippen MR) is 218 cm³/mol. The fourth-order valence-electron chi connectivity index (χ4n) is 11.5. The molecule has 12 heteroatoms. The molecular weight excluding hydrogens is 723 g/mol. The summed E-state index contributed by atoms with van der Waals surface area (Å²) >= 11 is 0. The summed E-state index contributed by atoms with van der Waals surface area (Å²) in [7, 11) is 0. The van der Waals surface area contributed by atoms with Crippen molar-refractivity contribution in [2.45, 2.75) is 180 Å². The molecule has 57 heavy (non-hydrogen) atoms. The Hall–Kier alpha value is -3.28. The van der Waals surface area contributed by atoms with E-state index in [0.29, 0.717) is 32.2 Å². The van der Waals surface area contributed by atoms with Gasteiger partial charge in [-0.3, -0.25) is 24.0 Å². The van der Waals surface area contributed by atoms with Gasteiger partial charge >= 0.3 is 6.03 Å². The first kappa shape index (κ1) is 43.3. The summed E-state index contributed by atoms with van der Waals surface area (Å²) in [5.74, 6) is -1.87. The Bertz CT molecular complexity index is 1570. The molecular formula is C45H71N5O7. The van der Waals surface area contributed by atoms with Crippen LogP contribution in [0.2, 0.25) is 0 Å². The van der Waals surface area contributed by atoms with Crippen molar-refractivity contribution in [2.75, 3.05) is 19.7 Å². The molecule has 12 nitrogen and oxygen atoms in total. The van der Waals surface area contributed by atoms with Crippen LogP contribution >= 0.6 is 0 Å². The summed E-state index contributed by atoms with van der Waals surface area (Å²) in [5.41, 5.74) is -2.80. The zero-order valence-corrected chi connectivity index (χ0v) is 35.7. The fraction of sp³-hybridized carbons (Fsp3) is 0.822. The van der Waals surface area contributed by atoms with Crippen LogP contribution < -0.4 is 21.3 Å². The first-order valence-electron chi connectivity index (χ1n) is 22.2. The van der Waals surface area contributed by atoms with Gasteiger partial charge in [-0.25, -0.2) is 4.79 Å². The molecule has 0 spiro atoms. The zero-order valence-electron chi connectivity index (χ0n) is 35.7. The summed E-state index contributed by atoms with van der Waals surface area (Å²) in [6.45, 7) is 16.8. The maximum Gasteiger partial charge on any atom is 0.315 e. The van der Waals surface area contributed by atoms with Crippen molar-refractivity contribution in [1.29, 1.82) is 0 Å². The third kappa shape index (κ3) is 8.72. The van der Waals surface area contributed by atoms with Crippen molar-refractivity contribution < 1.29 is 33.5 Å². The zero-order chi connectivity index (χ0) is 41.4. The second kappa shape index (κ2) is 16.8. The van der Waals surface area contributed by atoms with E-state index in [1.165, 1.54) is 6.08 Å². The van der Waals surface area contributed by atoms with Gasteiger partial charge in [-0.05, 0) is 78.9 Å². The van der Waals surface area contributed by atoms with Crippen LogP contribution in [0.1, 0.15) is 151 Å². The molecule has 6 atom stereocenters. The third-order valence-electron chi connectivity index (χ3n) is 15.5. The lowest BCUT2D eigenvalue weighted by Crippen LogP contribution is -2.69. The predicted octanol–water partition coefficient (Wildman–Crippen LogP) is 5.91. The molecule has 2 unspecified atom stereocenters. The van der Waals surface area contributed by atoms with E-state index in [1.807, 2.05) is 20.8 Å². The van der Waals surface area contributed by atoms with Gasteiger partial charge in [0, 0.05) is 25.0 Å². The first-order valence-corrected chi connectivity index (χ1v) is 22.2. The molecule has 5 amide bonds. The normalized spacial score (nSPS) is 30.1. The molecule has 4 N–H and O–H groups in total. The number of ketones is 2. The highest BCUT2D eigenvalue weighted by Gasteiger charge is 2.61. The van der Waals surface area contributed by atoms with E-state index >= 15 is 4.79 Å². The molecule has 6 aliphatic rings. The van der Waals surface area contributed by atoms with E-state index in [1.54, 1.807) is 4.90 Å². The Morgan fingerprint density at radius 3 is 2.09 bits per heavy atom. The highest BCUT2D eigenvalue weighted by Crippen LogP contribution is 2.54. The Kier molecular flexibility index (Phi) is 12.7. The number of ether oxygens (including phenoxy) is 1. The van der Waals surface area contributed by atoms with Crippen molar-refractivity contribution >= 4 is 35.3 Å². The van der Waals surface area contributed by atoms with Crippen molar-refractivity contribution in [2.24, 2.45) is 34.0 Å². The van der Waals surface area contributed by atoms with Crippen molar-refractivity contribution in [3.63, 3.8) is 0 Å². The number of nitrogens with one attached hydrogen (secondary N) is 4. The molecule has 2 aliphatic heterocycles. The summed E-state index contributed by atoms with van der Waals surface area (Å²) in [5, 5.41) is 12.2. The molecule has 6 rings (SSSR count). The van der Waals surface area contributed by atoms with Gasteiger partial charge in [0.05, 0.1) is 6.04 Å². The van der Waals surface area contributed by atoms with E-state index in [-0.39, 0.29) is 48.0 Å². The minimum absolute atomic E-state index is 0.0571. The highest BCUT2D eigenvalue weighted by molar-refractivity contribution is 6.38. The number of fused-ring (bicyclic) bond motifs is 1. The number of rotatable bonds is 14. The van der Waals surface area contributed by atoms with Gasteiger partial charge in [-0.1, -0.05) is 105 Å². The Morgan fingerprint density at radius 1 is 0.895 bits per heavy atom. The van der Waals surface area contributed by atoms with E-state index in [4.69, 9.17) is 4.74 Å². The number of hydrogen-bond donors (Lipinski definition) is 4. The van der Waals surface area contributed by atoms with Gasteiger partial charge in [0.25, 0.3) is 5.91 Å². The molecule has 318 valence electrons. The largest absolute Gasteiger partial charge is 0.359 e. The van der Waals surface area contributed by atoms with Crippen molar-refractivity contribution in [3.8, 4) is 0 Å². The molecule has 4 aliphatic carbocycles. The maximum absolute atomic E-state index is 15.4. The molecule has 6 fully saturated rings. The van der Waals surface area contributed by atoms with E-state index in [9.17, 15) is 24.0 Å². The SMILES string of the molecule is C=CCNC(=O)C(=O)C(CC1CCC1)NC(=O)[C@@H]1[C@H]2CCC(C)(C)[C@H]2CN1C(=O)[C@@H](NC(=O)NC1(CC2(C(C)(C)C)OCC2=O)CCCCC1)C1(C)CCCCC1. The van der Waals surface area contributed by atoms with E-state index in [2.05, 4.69) is 48.6 Å². The van der Waals surface area contributed by atoms with Crippen LogP contribution in [-0.2, 0) is 28.7 Å². The number of amides is 5. The number of carbonyl (C=O) groups excluding carboxylic acids is 6. The van der Waals surface area contributed by atoms with Crippen molar-refractivity contribution in [1.82, 2.24) is 26.2 Å². The third-order valence-corrected chi connectivity index (χ3v) is 15.5. The van der Waals surface area contributed by atoms with E-state index in [0.717, 1.165) is 83.5 Å². The Morgan fingerprint density at radius 2 is 1.54 bits per heavy atom. The maximum atomic E-state index is 15.4. The van der Waals surface area contributed by atoms with Crippen LogP contribution in [0.5, 0.6) is 0 Å². The quantitative estimate of drug-likeness (QED) is 0.126. The van der Waals surface area contributed by atoms with Crippen LogP contribution in [0.3, 0.4) is 0 Å². The molecule has 0 aromatic rings. The molecule has 4 saturated carbocycles. The van der Waals surface area contributed by atoms with Gasteiger partial charge in [-0.15, -0.1) is 6.58 Å². The van der Waals surface area contributed by atoms with Gasteiger partial charge in [0.2, 0.25) is 17.6 Å². The molecule has 0 aromatic heterocycles. The second-order valence-corrected chi connectivity index (χ2v) is 20.7. The smallest absolute Gasteiger partial charge is 0.315 e. The number of hydrogen-bond acceptors (Lipinski definition) is 7.